The van der Waals surface area contributed by atoms with Crippen LogP contribution in [0, 0.1) is 5.92 Å². The molecule has 0 bridgehead atoms. The molecule has 21 heavy (non-hydrogen) atoms. The molecule has 1 fully saturated rings. The van der Waals surface area contributed by atoms with Crippen molar-refractivity contribution in [1.29, 1.82) is 0 Å². The van der Waals surface area contributed by atoms with Gasteiger partial charge in [0.1, 0.15) is 0 Å². The van der Waals surface area contributed by atoms with E-state index in [4.69, 9.17) is 28.9 Å². The zero-order chi connectivity index (χ0) is 15.6. The van der Waals surface area contributed by atoms with Crippen LogP contribution in [0.1, 0.15) is 31.4 Å². The lowest BCUT2D eigenvalue weighted by atomic mass is 9.81. The van der Waals surface area contributed by atoms with E-state index in [1.165, 1.54) is 0 Å². The van der Waals surface area contributed by atoms with Gasteiger partial charge in [0.2, 0.25) is 5.92 Å². The Kier molecular flexibility index (Phi) is 4.94. The van der Waals surface area contributed by atoms with Crippen molar-refractivity contribution in [2.24, 2.45) is 16.6 Å². The van der Waals surface area contributed by atoms with Crippen LogP contribution >= 0.6 is 23.2 Å². The highest BCUT2D eigenvalue weighted by atomic mass is 35.5. The highest BCUT2D eigenvalue weighted by Gasteiger charge is 2.44. The van der Waals surface area contributed by atoms with Crippen LogP contribution in [0.4, 0.5) is 8.78 Å². The van der Waals surface area contributed by atoms with Crippen LogP contribution in [0.15, 0.2) is 23.2 Å². The summed E-state index contributed by atoms with van der Waals surface area (Å²) in [6, 6.07) is 5.05. The number of hydrogen-bond donors (Lipinski definition) is 2. The molecule has 3 N–H and O–H groups in total. The molecular formula is C14H17Cl2F2N3. The SMILES string of the molecule is CC(NC(N)=NCC1CC(F)(F)C1)c1ccc(Cl)cc1Cl. The first-order valence-corrected chi connectivity index (χ1v) is 7.41. The molecule has 0 heterocycles. The van der Waals surface area contributed by atoms with Crippen LogP contribution in [-0.4, -0.2) is 18.4 Å². The molecule has 1 unspecified atom stereocenters. The highest BCUT2D eigenvalue weighted by molar-refractivity contribution is 6.35. The average Bonchev–Trinajstić information content (AvgIpc) is 2.33. The fraction of sp³-hybridized carbons (Fsp3) is 0.500. The number of alkyl halides is 2. The smallest absolute Gasteiger partial charge is 0.248 e. The number of nitrogens with two attached hydrogens (primary N) is 1. The molecule has 3 nitrogen and oxygen atoms in total. The molecule has 1 aromatic carbocycles. The first-order valence-electron chi connectivity index (χ1n) is 6.66. The van der Waals surface area contributed by atoms with Gasteiger partial charge in [0.25, 0.3) is 0 Å². The Hall–Kier alpha value is -1.07. The van der Waals surface area contributed by atoms with Crippen LogP contribution in [0.25, 0.3) is 0 Å². The number of nitrogens with zero attached hydrogens (tertiary/aromatic N) is 1. The van der Waals surface area contributed by atoms with Crippen molar-refractivity contribution in [2.45, 2.75) is 31.7 Å². The molecule has 0 radical (unpaired) electrons. The summed E-state index contributed by atoms with van der Waals surface area (Å²) in [5.41, 5.74) is 6.61. The number of benzene rings is 1. The highest BCUT2D eigenvalue weighted by Crippen LogP contribution is 2.42. The molecular weight excluding hydrogens is 319 g/mol. The van der Waals surface area contributed by atoms with Gasteiger partial charge < -0.3 is 11.1 Å². The van der Waals surface area contributed by atoms with E-state index >= 15 is 0 Å². The van der Waals surface area contributed by atoms with Crippen molar-refractivity contribution >= 4 is 29.2 Å². The van der Waals surface area contributed by atoms with E-state index in [1.807, 2.05) is 13.0 Å². The molecule has 0 spiro atoms. The predicted octanol–water partition coefficient (Wildman–Crippen LogP) is 4.00. The first-order chi connectivity index (χ1) is 9.77. The van der Waals surface area contributed by atoms with E-state index in [9.17, 15) is 8.78 Å². The molecule has 0 aromatic heterocycles. The molecule has 1 aliphatic rings. The van der Waals surface area contributed by atoms with E-state index < -0.39 is 5.92 Å². The van der Waals surface area contributed by atoms with Gasteiger partial charge in [-0.3, -0.25) is 4.99 Å². The summed E-state index contributed by atoms with van der Waals surface area (Å²) < 4.78 is 25.4. The summed E-state index contributed by atoms with van der Waals surface area (Å²) in [6.07, 6.45) is -0.218. The second kappa shape index (κ2) is 6.36. The maximum Gasteiger partial charge on any atom is 0.248 e. The van der Waals surface area contributed by atoms with Crippen molar-refractivity contribution in [1.82, 2.24) is 5.32 Å². The third kappa shape index (κ3) is 4.45. The lowest BCUT2D eigenvalue weighted by Gasteiger charge is -2.33. The Labute approximate surface area is 132 Å². The molecule has 2 rings (SSSR count). The van der Waals surface area contributed by atoms with Crippen molar-refractivity contribution in [3.05, 3.63) is 33.8 Å². The fourth-order valence-electron chi connectivity index (χ4n) is 2.34. The Balaban J connectivity index is 1.88. The predicted molar refractivity (Wildman–Crippen MR) is 82.2 cm³/mol. The van der Waals surface area contributed by atoms with Gasteiger partial charge in [0.05, 0.1) is 6.04 Å². The monoisotopic (exact) mass is 335 g/mol. The van der Waals surface area contributed by atoms with E-state index in [1.54, 1.807) is 12.1 Å². The quantitative estimate of drug-likeness (QED) is 0.645. The van der Waals surface area contributed by atoms with Crippen LogP contribution in [0.5, 0.6) is 0 Å². The lowest BCUT2D eigenvalue weighted by Crippen LogP contribution is -2.39. The molecule has 1 saturated carbocycles. The zero-order valence-corrected chi connectivity index (χ0v) is 13.1. The third-order valence-corrected chi connectivity index (χ3v) is 4.05. The molecule has 0 saturated heterocycles. The number of nitrogens with one attached hydrogen (secondary N) is 1. The molecule has 0 amide bonds. The van der Waals surface area contributed by atoms with Crippen molar-refractivity contribution in [2.75, 3.05) is 6.54 Å². The van der Waals surface area contributed by atoms with E-state index in [-0.39, 0.29) is 30.8 Å². The minimum atomic E-state index is -2.52. The fourth-order valence-corrected chi connectivity index (χ4v) is 2.91. The Morgan fingerprint density at radius 1 is 1.48 bits per heavy atom. The Morgan fingerprint density at radius 2 is 2.14 bits per heavy atom. The van der Waals surface area contributed by atoms with Gasteiger partial charge in [-0.1, -0.05) is 29.3 Å². The number of halogens is 4. The van der Waals surface area contributed by atoms with Gasteiger partial charge in [0, 0.05) is 29.4 Å². The second-order valence-corrected chi connectivity index (χ2v) is 6.23. The van der Waals surface area contributed by atoms with Gasteiger partial charge in [-0.05, 0) is 30.5 Å². The lowest BCUT2D eigenvalue weighted by molar-refractivity contribution is -0.107. The molecule has 1 aromatic rings. The minimum absolute atomic E-state index is 0.0882. The van der Waals surface area contributed by atoms with Gasteiger partial charge in [0.15, 0.2) is 5.96 Å². The molecule has 1 atom stereocenters. The molecule has 116 valence electrons. The van der Waals surface area contributed by atoms with Gasteiger partial charge in [-0.15, -0.1) is 0 Å². The first kappa shape index (κ1) is 16.3. The largest absolute Gasteiger partial charge is 0.370 e. The van der Waals surface area contributed by atoms with Gasteiger partial charge in [-0.2, -0.15) is 0 Å². The average molecular weight is 336 g/mol. The summed E-state index contributed by atoms with van der Waals surface area (Å²) in [5.74, 6) is -2.38. The van der Waals surface area contributed by atoms with Crippen LogP contribution < -0.4 is 11.1 Å². The van der Waals surface area contributed by atoms with E-state index in [2.05, 4.69) is 10.3 Å². The Bertz CT molecular complexity index is 541. The standard InChI is InChI=1S/C14H17Cl2F2N3/c1-8(11-3-2-10(15)4-12(11)16)21-13(19)20-7-9-5-14(17,18)6-9/h2-4,8-9H,5-7H2,1H3,(H3,19,20,21). The maximum atomic E-state index is 12.7. The summed E-state index contributed by atoms with van der Waals surface area (Å²) in [5, 5.41) is 4.09. The zero-order valence-electron chi connectivity index (χ0n) is 11.5. The van der Waals surface area contributed by atoms with E-state index in [0.29, 0.717) is 16.6 Å². The normalized spacial score (nSPS) is 20.0. The van der Waals surface area contributed by atoms with Crippen LogP contribution in [0.3, 0.4) is 0 Å². The second-order valence-electron chi connectivity index (χ2n) is 5.39. The number of rotatable bonds is 4. The summed E-state index contributed by atoms with van der Waals surface area (Å²) in [6.45, 7) is 2.20. The molecule has 7 heteroatoms. The summed E-state index contributed by atoms with van der Waals surface area (Å²) in [7, 11) is 0. The maximum absolute atomic E-state index is 12.7. The topological polar surface area (TPSA) is 50.4 Å². The van der Waals surface area contributed by atoms with Crippen molar-refractivity contribution < 1.29 is 8.78 Å². The number of aliphatic imine (C=N–C) groups is 1. The van der Waals surface area contributed by atoms with Gasteiger partial charge >= 0.3 is 0 Å². The number of guanidine groups is 1. The van der Waals surface area contributed by atoms with Crippen LogP contribution in [0.2, 0.25) is 10.0 Å². The van der Waals surface area contributed by atoms with Crippen LogP contribution in [-0.2, 0) is 0 Å². The molecule has 0 aliphatic heterocycles. The van der Waals surface area contributed by atoms with Gasteiger partial charge in [-0.25, -0.2) is 8.78 Å². The van der Waals surface area contributed by atoms with Crippen molar-refractivity contribution in [3.63, 3.8) is 0 Å². The number of hydrogen-bond acceptors (Lipinski definition) is 1. The summed E-state index contributed by atoms with van der Waals surface area (Å²) >= 11 is 12.0. The van der Waals surface area contributed by atoms with Crippen molar-refractivity contribution in [3.8, 4) is 0 Å². The Morgan fingerprint density at radius 3 is 2.71 bits per heavy atom. The van der Waals surface area contributed by atoms with E-state index in [0.717, 1.165) is 5.56 Å². The minimum Gasteiger partial charge on any atom is -0.370 e. The summed E-state index contributed by atoms with van der Waals surface area (Å²) in [4.78, 5) is 4.11. The molecule has 1 aliphatic carbocycles. The third-order valence-electron chi connectivity index (χ3n) is 3.49.